The molecule has 9 heteroatoms. The second-order valence-electron chi connectivity index (χ2n) is 5.80. The molecule has 2 unspecified atom stereocenters. The molecule has 0 radical (unpaired) electrons. The summed E-state index contributed by atoms with van der Waals surface area (Å²) in [7, 11) is -3.95. The number of halogens is 4. The van der Waals surface area contributed by atoms with Crippen molar-refractivity contribution in [1.29, 1.82) is 0 Å². The highest BCUT2D eigenvalue weighted by atomic mass is 35.5. The summed E-state index contributed by atoms with van der Waals surface area (Å²) < 4.78 is 70.1. The van der Waals surface area contributed by atoms with Crippen LogP contribution in [-0.2, 0) is 20.8 Å². The SMILES string of the molecule is Cc1ccc(S(=O)(=O)C2N=COC2c2ccc(Cl)c(C(F)(F)F)c2)cc1. The summed E-state index contributed by atoms with van der Waals surface area (Å²) in [6.45, 7) is 1.81. The molecule has 0 aromatic heterocycles. The standard InChI is InChI=1S/C17H13ClF3NO3S/c1-10-2-5-12(6-3-10)26(23,24)16-15(25-9-22-16)11-4-7-14(18)13(8-11)17(19,20)21/h2-9,15-16H,1H3. The largest absolute Gasteiger partial charge is 0.472 e. The van der Waals surface area contributed by atoms with Gasteiger partial charge in [0, 0.05) is 0 Å². The highest BCUT2D eigenvalue weighted by Crippen LogP contribution is 2.39. The molecule has 0 bridgehead atoms. The lowest BCUT2D eigenvalue weighted by atomic mass is 10.1. The number of sulfone groups is 1. The van der Waals surface area contributed by atoms with Crippen molar-refractivity contribution in [3.8, 4) is 0 Å². The van der Waals surface area contributed by atoms with Crippen molar-refractivity contribution in [2.45, 2.75) is 29.5 Å². The molecule has 2 atom stereocenters. The maximum absolute atomic E-state index is 13.1. The Kier molecular flexibility index (Phi) is 4.74. The first-order valence-electron chi connectivity index (χ1n) is 7.45. The average Bonchev–Trinajstić information content (AvgIpc) is 3.05. The van der Waals surface area contributed by atoms with E-state index in [-0.39, 0.29) is 10.5 Å². The summed E-state index contributed by atoms with van der Waals surface area (Å²) in [5.74, 6) is 0. The molecule has 0 N–H and O–H groups in total. The highest BCUT2D eigenvalue weighted by molar-refractivity contribution is 7.92. The van der Waals surface area contributed by atoms with E-state index < -0.39 is 38.1 Å². The van der Waals surface area contributed by atoms with E-state index in [1.165, 1.54) is 18.2 Å². The van der Waals surface area contributed by atoms with Crippen LogP contribution in [0.25, 0.3) is 0 Å². The molecule has 1 aliphatic rings. The van der Waals surface area contributed by atoms with E-state index in [4.69, 9.17) is 16.3 Å². The first-order chi connectivity index (χ1) is 12.1. The highest BCUT2D eigenvalue weighted by Gasteiger charge is 2.41. The fraction of sp³-hybridized carbons (Fsp3) is 0.235. The summed E-state index contributed by atoms with van der Waals surface area (Å²) in [4.78, 5) is 3.85. The molecule has 0 aliphatic carbocycles. The Hall–Kier alpha value is -2.06. The Bertz CT molecular complexity index is 956. The number of ether oxygens (including phenoxy) is 1. The maximum atomic E-state index is 13.1. The van der Waals surface area contributed by atoms with Crippen molar-refractivity contribution in [2.75, 3.05) is 0 Å². The van der Waals surface area contributed by atoms with Crippen LogP contribution in [0.1, 0.15) is 22.8 Å². The predicted molar refractivity (Wildman–Crippen MR) is 90.9 cm³/mol. The van der Waals surface area contributed by atoms with Crippen molar-refractivity contribution in [3.05, 3.63) is 64.2 Å². The topological polar surface area (TPSA) is 55.7 Å². The van der Waals surface area contributed by atoms with Gasteiger partial charge in [-0.15, -0.1) is 0 Å². The van der Waals surface area contributed by atoms with Gasteiger partial charge in [0.2, 0.25) is 9.84 Å². The van der Waals surface area contributed by atoms with E-state index in [1.807, 2.05) is 6.92 Å². The van der Waals surface area contributed by atoms with Gasteiger partial charge in [0.1, 0.15) is 0 Å². The molecular weight excluding hydrogens is 391 g/mol. The number of aryl methyl sites for hydroxylation is 1. The molecule has 1 heterocycles. The van der Waals surface area contributed by atoms with Gasteiger partial charge in [-0.3, -0.25) is 0 Å². The normalized spacial score (nSPS) is 20.2. The van der Waals surface area contributed by atoms with Gasteiger partial charge < -0.3 is 4.74 Å². The molecule has 0 saturated heterocycles. The molecule has 2 aromatic carbocycles. The maximum Gasteiger partial charge on any atom is 0.417 e. The zero-order chi connectivity index (χ0) is 19.1. The molecule has 138 valence electrons. The number of rotatable bonds is 3. The van der Waals surface area contributed by atoms with Crippen molar-refractivity contribution in [1.82, 2.24) is 0 Å². The van der Waals surface area contributed by atoms with Gasteiger partial charge in [-0.25, -0.2) is 13.4 Å². The molecule has 2 aromatic rings. The number of benzene rings is 2. The molecule has 0 saturated carbocycles. The van der Waals surface area contributed by atoms with Crippen LogP contribution in [0.3, 0.4) is 0 Å². The number of alkyl halides is 3. The van der Waals surface area contributed by atoms with Crippen LogP contribution in [0.15, 0.2) is 52.4 Å². The smallest absolute Gasteiger partial charge is 0.417 e. The average molecular weight is 404 g/mol. The van der Waals surface area contributed by atoms with E-state index in [2.05, 4.69) is 4.99 Å². The third-order valence-corrected chi connectivity index (χ3v) is 6.23. The van der Waals surface area contributed by atoms with Crippen LogP contribution in [-0.4, -0.2) is 20.2 Å². The first-order valence-corrected chi connectivity index (χ1v) is 9.37. The second kappa shape index (κ2) is 6.59. The lowest BCUT2D eigenvalue weighted by Gasteiger charge is -2.19. The molecule has 0 fully saturated rings. The minimum atomic E-state index is -4.67. The van der Waals surface area contributed by atoms with Crippen molar-refractivity contribution >= 4 is 27.8 Å². The fourth-order valence-electron chi connectivity index (χ4n) is 2.60. The van der Waals surface area contributed by atoms with Crippen LogP contribution < -0.4 is 0 Å². The third-order valence-electron chi connectivity index (χ3n) is 3.97. The summed E-state index contributed by atoms with van der Waals surface area (Å²) in [6.07, 6.45) is -4.92. The van der Waals surface area contributed by atoms with Crippen molar-refractivity contribution in [2.24, 2.45) is 4.99 Å². The van der Waals surface area contributed by atoms with Crippen LogP contribution >= 0.6 is 11.6 Å². The number of nitrogens with zero attached hydrogens (tertiary/aromatic N) is 1. The van der Waals surface area contributed by atoms with Gasteiger partial charge in [-0.2, -0.15) is 13.2 Å². The predicted octanol–water partition coefficient (Wildman–Crippen LogP) is 4.57. The van der Waals surface area contributed by atoms with E-state index >= 15 is 0 Å². The zero-order valence-corrected chi connectivity index (χ0v) is 14.9. The Morgan fingerprint density at radius 1 is 1.12 bits per heavy atom. The van der Waals surface area contributed by atoms with Gasteiger partial charge in [0.15, 0.2) is 17.9 Å². The Balaban J connectivity index is 2.01. The quantitative estimate of drug-likeness (QED) is 0.754. The Morgan fingerprint density at radius 2 is 1.77 bits per heavy atom. The van der Waals surface area contributed by atoms with E-state index in [9.17, 15) is 21.6 Å². The van der Waals surface area contributed by atoms with Crippen LogP contribution in [0.5, 0.6) is 0 Å². The zero-order valence-electron chi connectivity index (χ0n) is 13.4. The number of hydrogen-bond donors (Lipinski definition) is 0. The minimum absolute atomic E-state index is 0.0192. The van der Waals surface area contributed by atoms with E-state index in [0.717, 1.165) is 24.1 Å². The molecular formula is C17H13ClF3NO3S. The number of hydrogen-bond acceptors (Lipinski definition) is 4. The summed E-state index contributed by atoms with van der Waals surface area (Å²) in [6, 6.07) is 9.28. The Labute approximate surface area is 153 Å². The third kappa shape index (κ3) is 3.43. The number of aliphatic imine (C=N–C) groups is 1. The van der Waals surface area contributed by atoms with Crippen molar-refractivity contribution in [3.63, 3.8) is 0 Å². The van der Waals surface area contributed by atoms with Gasteiger partial charge in [-0.1, -0.05) is 35.4 Å². The summed E-state index contributed by atoms with van der Waals surface area (Å²) in [5, 5.41) is -1.86. The molecule has 1 aliphatic heterocycles. The first kappa shape index (κ1) is 18.7. The van der Waals surface area contributed by atoms with E-state index in [0.29, 0.717) is 0 Å². The lowest BCUT2D eigenvalue weighted by molar-refractivity contribution is -0.137. The monoisotopic (exact) mass is 403 g/mol. The van der Waals surface area contributed by atoms with Crippen molar-refractivity contribution < 1.29 is 26.3 Å². The summed E-state index contributed by atoms with van der Waals surface area (Å²) in [5.41, 5.74) is -0.155. The lowest BCUT2D eigenvalue weighted by Crippen LogP contribution is -2.25. The van der Waals surface area contributed by atoms with Gasteiger partial charge >= 0.3 is 6.18 Å². The Morgan fingerprint density at radius 3 is 2.38 bits per heavy atom. The minimum Gasteiger partial charge on any atom is -0.472 e. The van der Waals surface area contributed by atoms with Crippen LogP contribution in [0.4, 0.5) is 13.2 Å². The molecule has 3 rings (SSSR count). The fourth-order valence-corrected chi connectivity index (χ4v) is 4.37. The van der Waals surface area contributed by atoms with Crippen LogP contribution in [0.2, 0.25) is 5.02 Å². The summed E-state index contributed by atoms with van der Waals surface area (Å²) >= 11 is 5.61. The molecule has 0 spiro atoms. The molecule has 26 heavy (non-hydrogen) atoms. The van der Waals surface area contributed by atoms with Gasteiger partial charge in [-0.05, 0) is 36.8 Å². The molecule has 4 nitrogen and oxygen atoms in total. The van der Waals surface area contributed by atoms with E-state index in [1.54, 1.807) is 12.1 Å². The van der Waals surface area contributed by atoms with Crippen LogP contribution in [0, 0.1) is 6.92 Å². The second-order valence-corrected chi connectivity index (χ2v) is 8.25. The van der Waals surface area contributed by atoms with Gasteiger partial charge in [0.25, 0.3) is 0 Å². The molecule has 0 amide bonds. The van der Waals surface area contributed by atoms with Gasteiger partial charge in [0.05, 0.1) is 15.5 Å².